The van der Waals surface area contributed by atoms with E-state index in [4.69, 9.17) is 5.11 Å². The SMILES string of the molecule is O=C(O)Cc1c(F)cc(C(F)(F)F)cc1Br. The molecule has 1 N–H and O–H groups in total. The number of carboxylic acid groups (broad SMARTS) is 1. The van der Waals surface area contributed by atoms with Crippen LogP contribution in [0.1, 0.15) is 11.1 Å². The molecule has 0 unspecified atom stereocenters. The van der Waals surface area contributed by atoms with Crippen LogP contribution in [-0.2, 0) is 17.4 Å². The van der Waals surface area contributed by atoms with Crippen LogP contribution in [0, 0.1) is 5.82 Å². The van der Waals surface area contributed by atoms with Gasteiger partial charge in [-0.3, -0.25) is 4.79 Å². The van der Waals surface area contributed by atoms with Crippen molar-refractivity contribution in [3.05, 3.63) is 33.5 Å². The average Bonchev–Trinajstić information content (AvgIpc) is 2.09. The molecule has 0 fully saturated rings. The molecule has 16 heavy (non-hydrogen) atoms. The third-order valence-electron chi connectivity index (χ3n) is 1.80. The lowest BCUT2D eigenvalue weighted by Gasteiger charge is -2.10. The van der Waals surface area contributed by atoms with Crippen molar-refractivity contribution < 1.29 is 27.5 Å². The number of alkyl halides is 3. The van der Waals surface area contributed by atoms with Gasteiger partial charge in [0.15, 0.2) is 0 Å². The molecule has 1 aromatic carbocycles. The molecule has 0 bridgehead atoms. The summed E-state index contributed by atoms with van der Waals surface area (Å²) in [6, 6.07) is 0.935. The van der Waals surface area contributed by atoms with Crippen molar-refractivity contribution >= 4 is 21.9 Å². The highest BCUT2D eigenvalue weighted by Crippen LogP contribution is 2.33. The molecule has 0 aliphatic rings. The van der Waals surface area contributed by atoms with Gasteiger partial charge in [0.25, 0.3) is 0 Å². The lowest BCUT2D eigenvalue weighted by molar-refractivity contribution is -0.137. The molecule has 0 spiro atoms. The molecule has 2 nitrogen and oxygen atoms in total. The van der Waals surface area contributed by atoms with E-state index in [9.17, 15) is 22.4 Å². The molecular formula is C9H5BrF4O2. The van der Waals surface area contributed by atoms with E-state index in [0.717, 1.165) is 0 Å². The zero-order chi connectivity index (χ0) is 12.5. The van der Waals surface area contributed by atoms with Gasteiger partial charge in [-0.1, -0.05) is 15.9 Å². The van der Waals surface area contributed by atoms with Crippen LogP contribution in [0.3, 0.4) is 0 Å². The number of hydrogen-bond donors (Lipinski definition) is 1. The van der Waals surface area contributed by atoms with Gasteiger partial charge < -0.3 is 5.11 Å². The van der Waals surface area contributed by atoms with Crippen LogP contribution in [-0.4, -0.2) is 11.1 Å². The van der Waals surface area contributed by atoms with E-state index in [1.54, 1.807) is 0 Å². The maximum atomic E-state index is 13.2. The number of halogens is 5. The fourth-order valence-electron chi connectivity index (χ4n) is 1.09. The first kappa shape index (κ1) is 13.0. The zero-order valence-electron chi connectivity index (χ0n) is 7.61. The summed E-state index contributed by atoms with van der Waals surface area (Å²) in [6.45, 7) is 0. The Balaban J connectivity index is 3.23. The zero-order valence-corrected chi connectivity index (χ0v) is 9.19. The molecule has 1 aromatic rings. The molecule has 88 valence electrons. The van der Waals surface area contributed by atoms with Gasteiger partial charge in [-0.2, -0.15) is 13.2 Å². The summed E-state index contributed by atoms with van der Waals surface area (Å²) in [5.41, 5.74) is -1.47. The molecule has 0 radical (unpaired) electrons. The topological polar surface area (TPSA) is 37.3 Å². The van der Waals surface area contributed by atoms with E-state index in [0.29, 0.717) is 6.07 Å². The molecule has 0 amide bonds. The van der Waals surface area contributed by atoms with E-state index in [1.807, 2.05) is 0 Å². The maximum absolute atomic E-state index is 13.2. The molecule has 0 aliphatic heterocycles. The van der Waals surface area contributed by atoms with Crippen LogP contribution >= 0.6 is 15.9 Å². The summed E-state index contributed by atoms with van der Waals surface area (Å²) in [6.07, 6.45) is -5.34. The highest BCUT2D eigenvalue weighted by molar-refractivity contribution is 9.10. The molecule has 0 aromatic heterocycles. The second-order valence-corrected chi connectivity index (χ2v) is 3.84. The van der Waals surface area contributed by atoms with Crippen LogP contribution in [0.15, 0.2) is 16.6 Å². The summed E-state index contributed by atoms with van der Waals surface area (Å²) in [5, 5.41) is 8.44. The van der Waals surface area contributed by atoms with Crippen molar-refractivity contribution in [1.82, 2.24) is 0 Å². The minimum atomic E-state index is -4.66. The molecule has 7 heteroatoms. The first-order chi connectivity index (χ1) is 7.21. The summed E-state index contributed by atoms with van der Waals surface area (Å²) >= 11 is 2.72. The predicted octanol–water partition coefficient (Wildman–Crippen LogP) is 3.23. The Kier molecular flexibility index (Phi) is 3.57. The number of hydrogen-bond acceptors (Lipinski definition) is 1. The van der Waals surface area contributed by atoms with Gasteiger partial charge >= 0.3 is 12.1 Å². The number of benzene rings is 1. The number of carbonyl (C=O) groups is 1. The van der Waals surface area contributed by atoms with Crippen molar-refractivity contribution in [3.63, 3.8) is 0 Å². The third kappa shape index (κ3) is 2.94. The van der Waals surface area contributed by atoms with Gasteiger partial charge in [0.1, 0.15) is 5.82 Å². The van der Waals surface area contributed by atoms with Crippen molar-refractivity contribution in [2.75, 3.05) is 0 Å². The van der Waals surface area contributed by atoms with E-state index >= 15 is 0 Å². The number of rotatable bonds is 2. The summed E-state index contributed by atoms with van der Waals surface area (Å²) in [7, 11) is 0. The second-order valence-electron chi connectivity index (χ2n) is 2.99. The van der Waals surface area contributed by atoms with E-state index in [2.05, 4.69) is 15.9 Å². The predicted molar refractivity (Wildman–Crippen MR) is 50.4 cm³/mol. The Morgan fingerprint density at radius 1 is 1.38 bits per heavy atom. The first-order valence-corrected chi connectivity index (χ1v) is 4.78. The van der Waals surface area contributed by atoms with Gasteiger partial charge in [0.2, 0.25) is 0 Å². The van der Waals surface area contributed by atoms with Crippen molar-refractivity contribution in [2.45, 2.75) is 12.6 Å². The summed E-state index contributed by atoms with van der Waals surface area (Å²) in [5.74, 6) is -2.51. The van der Waals surface area contributed by atoms with Gasteiger partial charge in [-0.25, -0.2) is 4.39 Å². The lowest BCUT2D eigenvalue weighted by Crippen LogP contribution is -2.09. The molecule has 0 atom stereocenters. The quantitative estimate of drug-likeness (QED) is 0.852. The molecule has 0 heterocycles. The molecular weight excluding hydrogens is 296 g/mol. The Morgan fingerprint density at radius 3 is 2.31 bits per heavy atom. The molecule has 0 aliphatic carbocycles. The average molecular weight is 301 g/mol. The van der Waals surface area contributed by atoms with Crippen LogP contribution in [0.4, 0.5) is 17.6 Å². The van der Waals surface area contributed by atoms with Crippen LogP contribution in [0.5, 0.6) is 0 Å². The van der Waals surface area contributed by atoms with Crippen molar-refractivity contribution in [1.29, 1.82) is 0 Å². The monoisotopic (exact) mass is 300 g/mol. The summed E-state index contributed by atoms with van der Waals surface area (Å²) < 4.78 is 49.7. The number of aliphatic carboxylic acids is 1. The third-order valence-corrected chi connectivity index (χ3v) is 2.50. The van der Waals surface area contributed by atoms with Gasteiger partial charge in [-0.05, 0) is 12.1 Å². The Bertz CT molecular complexity index is 405. The van der Waals surface area contributed by atoms with Crippen molar-refractivity contribution in [2.24, 2.45) is 0 Å². The van der Waals surface area contributed by atoms with Crippen LogP contribution in [0.2, 0.25) is 0 Å². The fraction of sp³-hybridized carbons (Fsp3) is 0.222. The highest BCUT2D eigenvalue weighted by atomic mass is 79.9. The fourth-order valence-corrected chi connectivity index (χ4v) is 1.66. The minimum absolute atomic E-state index is 0.206. The molecule has 0 saturated carbocycles. The van der Waals surface area contributed by atoms with E-state index < -0.39 is 29.9 Å². The summed E-state index contributed by atoms with van der Waals surface area (Å²) in [4.78, 5) is 10.3. The van der Waals surface area contributed by atoms with E-state index in [-0.39, 0.29) is 16.1 Å². The minimum Gasteiger partial charge on any atom is -0.481 e. The Labute approximate surface area is 96.0 Å². The smallest absolute Gasteiger partial charge is 0.416 e. The van der Waals surface area contributed by atoms with Crippen LogP contribution in [0.25, 0.3) is 0 Å². The maximum Gasteiger partial charge on any atom is 0.416 e. The first-order valence-electron chi connectivity index (χ1n) is 3.98. The normalized spacial score (nSPS) is 11.6. The largest absolute Gasteiger partial charge is 0.481 e. The number of carboxylic acids is 1. The Morgan fingerprint density at radius 2 is 1.94 bits per heavy atom. The highest BCUT2D eigenvalue weighted by Gasteiger charge is 2.32. The molecule has 0 saturated heterocycles. The van der Waals surface area contributed by atoms with Crippen LogP contribution < -0.4 is 0 Å². The van der Waals surface area contributed by atoms with E-state index in [1.165, 1.54) is 0 Å². The van der Waals surface area contributed by atoms with Gasteiger partial charge in [0, 0.05) is 10.0 Å². The van der Waals surface area contributed by atoms with Gasteiger partial charge in [0.05, 0.1) is 12.0 Å². The Hall–Kier alpha value is -1.11. The van der Waals surface area contributed by atoms with Gasteiger partial charge in [-0.15, -0.1) is 0 Å². The van der Waals surface area contributed by atoms with Crippen molar-refractivity contribution in [3.8, 4) is 0 Å². The lowest BCUT2D eigenvalue weighted by atomic mass is 10.1. The molecule has 1 rings (SSSR count). The standard InChI is InChI=1S/C9H5BrF4O2/c10-6-1-4(9(12,13)14)2-7(11)5(6)3-8(15)16/h1-2H,3H2,(H,15,16). The second kappa shape index (κ2) is 4.40.